The molecule has 0 atom stereocenters. The zero-order chi connectivity index (χ0) is 17.4. The molecule has 0 fully saturated rings. The Kier molecular flexibility index (Phi) is 6.25. The highest BCUT2D eigenvalue weighted by atomic mass is 16.5. The largest absolute Gasteiger partial charge is 0.493 e. The summed E-state index contributed by atoms with van der Waals surface area (Å²) < 4.78 is 16.2. The zero-order valence-electron chi connectivity index (χ0n) is 13.7. The number of ether oxygens (including phenoxy) is 3. The van der Waals surface area contributed by atoms with Crippen molar-refractivity contribution in [2.24, 2.45) is 0 Å². The van der Waals surface area contributed by atoms with Crippen LogP contribution in [0.4, 0.5) is 0 Å². The van der Waals surface area contributed by atoms with Gasteiger partial charge >= 0.3 is 5.97 Å². The van der Waals surface area contributed by atoms with E-state index in [9.17, 15) is 4.79 Å². The number of carboxylic acid groups (broad SMARTS) is 1. The molecular formula is C19H20O5. The van der Waals surface area contributed by atoms with Crippen molar-refractivity contribution in [1.82, 2.24) is 0 Å². The first-order valence-corrected chi connectivity index (χ1v) is 7.56. The molecule has 1 N–H and O–H groups in total. The van der Waals surface area contributed by atoms with Gasteiger partial charge in [0.05, 0.1) is 13.7 Å². The van der Waals surface area contributed by atoms with Gasteiger partial charge in [0.15, 0.2) is 11.5 Å². The van der Waals surface area contributed by atoms with Crippen LogP contribution in [0.1, 0.15) is 18.1 Å². The Hall–Kier alpha value is -2.95. The van der Waals surface area contributed by atoms with E-state index in [1.54, 1.807) is 32.2 Å². The summed E-state index contributed by atoms with van der Waals surface area (Å²) in [4.78, 5) is 11.2. The minimum atomic E-state index is -1.11. The van der Waals surface area contributed by atoms with Gasteiger partial charge in [0, 0.05) is 0 Å². The summed E-state index contributed by atoms with van der Waals surface area (Å²) in [6.45, 7) is 2.41. The molecule has 2 aromatic carbocycles. The second-order valence-corrected chi connectivity index (χ2v) is 4.93. The van der Waals surface area contributed by atoms with Crippen LogP contribution in [0.3, 0.4) is 0 Å². The Balaban J connectivity index is 2.23. The molecule has 0 aliphatic carbocycles. The number of carboxylic acids is 1. The molecule has 0 saturated heterocycles. The van der Waals surface area contributed by atoms with Crippen LogP contribution < -0.4 is 9.47 Å². The third kappa shape index (κ3) is 4.78. The number of methoxy groups -OCH3 is 1. The maximum absolute atomic E-state index is 11.2. The number of aliphatic carboxylic acids is 1. The van der Waals surface area contributed by atoms with E-state index in [4.69, 9.17) is 19.3 Å². The molecule has 0 spiro atoms. The molecule has 0 aromatic heterocycles. The molecule has 0 unspecified atom stereocenters. The molecule has 5 nitrogen and oxygen atoms in total. The van der Waals surface area contributed by atoms with Gasteiger partial charge in [-0.2, -0.15) is 0 Å². The van der Waals surface area contributed by atoms with Crippen molar-refractivity contribution in [2.45, 2.75) is 13.5 Å². The third-order valence-electron chi connectivity index (χ3n) is 3.23. The Morgan fingerprint density at radius 1 is 1.12 bits per heavy atom. The van der Waals surface area contributed by atoms with Crippen LogP contribution in [-0.4, -0.2) is 24.8 Å². The Morgan fingerprint density at radius 3 is 2.50 bits per heavy atom. The predicted octanol–water partition coefficient (Wildman–Crippen LogP) is 3.74. The summed E-state index contributed by atoms with van der Waals surface area (Å²) >= 11 is 0. The van der Waals surface area contributed by atoms with Gasteiger partial charge in [-0.15, -0.1) is 0 Å². The molecule has 2 rings (SSSR count). The second kappa shape index (κ2) is 8.62. The maximum Gasteiger partial charge on any atom is 0.371 e. The monoisotopic (exact) mass is 328 g/mol. The number of hydrogen-bond donors (Lipinski definition) is 1. The van der Waals surface area contributed by atoms with E-state index < -0.39 is 5.97 Å². The number of carbonyl (C=O) groups is 1. The third-order valence-corrected chi connectivity index (χ3v) is 3.23. The fourth-order valence-corrected chi connectivity index (χ4v) is 2.10. The van der Waals surface area contributed by atoms with Crippen molar-refractivity contribution in [3.63, 3.8) is 0 Å². The van der Waals surface area contributed by atoms with Crippen LogP contribution in [0.15, 0.2) is 54.3 Å². The molecule has 0 heterocycles. The number of hydrogen-bond acceptors (Lipinski definition) is 4. The number of benzene rings is 2. The molecule has 126 valence electrons. The summed E-state index contributed by atoms with van der Waals surface area (Å²) in [7, 11) is 1.56. The number of rotatable bonds is 8. The molecule has 5 heteroatoms. The van der Waals surface area contributed by atoms with Gasteiger partial charge in [-0.1, -0.05) is 36.4 Å². The minimum absolute atomic E-state index is 0.114. The van der Waals surface area contributed by atoms with Crippen molar-refractivity contribution in [3.8, 4) is 11.5 Å². The minimum Gasteiger partial charge on any atom is -0.493 e. The lowest BCUT2D eigenvalue weighted by Gasteiger charge is -2.12. The van der Waals surface area contributed by atoms with E-state index in [2.05, 4.69) is 0 Å². The topological polar surface area (TPSA) is 65.0 Å². The first-order valence-electron chi connectivity index (χ1n) is 7.56. The summed E-state index contributed by atoms with van der Waals surface area (Å²) in [5.74, 6) is -0.108. The molecule has 0 saturated carbocycles. The predicted molar refractivity (Wildman–Crippen MR) is 91.0 cm³/mol. The van der Waals surface area contributed by atoms with E-state index in [0.717, 1.165) is 5.56 Å². The highest BCUT2D eigenvalue weighted by Crippen LogP contribution is 2.29. The summed E-state index contributed by atoms with van der Waals surface area (Å²) in [5.41, 5.74) is 1.69. The van der Waals surface area contributed by atoms with Gasteiger partial charge in [0.1, 0.15) is 6.61 Å². The van der Waals surface area contributed by atoms with Crippen molar-refractivity contribution < 1.29 is 24.1 Å². The van der Waals surface area contributed by atoms with E-state index in [0.29, 0.717) is 23.7 Å². The highest BCUT2D eigenvalue weighted by Gasteiger charge is 2.10. The maximum atomic E-state index is 11.2. The standard InChI is InChI=1S/C19H20O5/c1-3-23-18(19(20)21)12-15-9-10-16(22-2)17(11-15)24-13-14-7-5-4-6-8-14/h4-12H,3,13H2,1-2H3,(H,20,21)/b18-12+. The summed E-state index contributed by atoms with van der Waals surface area (Å²) in [6, 6.07) is 15.0. The fourth-order valence-electron chi connectivity index (χ4n) is 2.10. The van der Waals surface area contributed by atoms with Crippen LogP contribution in [0.2, 0.25) is 0 Å². The van der Waals surface area contributed by atoms with Gasteiger partial charge in [0.25, 0.3) is 0 Å². The highest BCUT2D eigenvalue weighted by molar-refractivity contribution is 5.90. The lowest BCUT2D eigenvalue weighted by molar-refractivity contribution is -0.136. The van der Waals surface area contributed by atoms with Crippen molar-refractivity contribution >= 4 is 12.0 Å². The van der Waals surface area contributed by atoms with E-state index in [1.165, 1.54) is 6.08 Å². The first kappa shape index (κ1) is 17.4. The fraction of sp³-hybridized carbons (Fsp3) is 0.211. The zero-order valence-corrected chi connectivity index (χ0v) is 13.7. The van der Waals surface area contributed by atoms with E-state index >= 15 is 0 Å². The van der Waals surface area contributed by atoms with Gasteiger partial charge in [-0.05, 0) is 36.3 Å². The van der Waals surface area contributed by atoms with Crippen molar-refractivity contribution in [1.29, 1.82) is 0 Å². The van der Waals surface area contributed by atoms with Crippen LogP contribution in [-0.2, 0) is 16.1 Å². The molecular weight excluding hydrogens is 308 g/mol. The molecule has 24 heavy (non-hydrogen) atoms. The smallest absolute Gasteiger partial charge is 0.371 e. The van der Waals surface area contributed by atoms with Gasteiger partial charge < -0.3 is 19.3 Å². The molecule has 0 bridgehead atoms. The molecule has 2 aromatic rings. The normalized spacial score (nSPS) is 11.0. The first-order chi connectivity index (χ1) is 11.6. The van der Waals surface area contributed by atoms with Gasteiger partial charge in [-0.3, -0.25) is 0 Å². The lowest BCUT2D eigenvalue weighted by Crippen LogP contribution is -2.04. The van der Waals surface area contributed by atoms with Gasteiger partial charge in [-0.25, -0.2) is 4.79 Å². The summed E-state index contributed by atoms with van der Waals surface area (Å²) in [6.07, 6.45) is 1.46. The van der Waals surface area contributed by atoms with Gasteiger partial charge in [0.2, 0.25) is 5.76 Å². The van der Waals surface area contributed by atoms with Crippen LogP contribution in [0, 0.1) is 0 Å². The molecule has 0 aliphatic heterocycles. The lowest BCUT2D eigenvalue weighted by atomic mass is 10.1. The Morgan fingerprint density at radius 2 is 1.88 bits per heavy atom. The summed E-state index contributed by atoms with van der Waals surface area (Å²) in [5, 5.41) is 9.14. The SMILES string of the molecule is CCO/C(=C/c1ccc(OC)c(OCc2ccccc2)c1)C(=O)O. The average molecular weight is 328 g/mol. The molecule has 0 radical (unpaired) electrons. The van der Waals surface area contributed by atoms with Crippen LogP contribution >= 0.6 is 0 Å². The van der Waals surface area contributed by atoms with Crippen LogP contribution in [0.25, 0.3) is 6.08 Å². The quantitative estimate of drug-likeness (QED) is 0.591. The Bertz CT molecular complexity index is 707. The Labute approximate surface area is 141 Å². The molecule has 0 aliphatic rings. The second-order valence-electron chi connectivity index (χ2n) is 4.93. The molecule has 0 amide bonds. The van der Waals surface area contributed by atoms with E-state index in [1.807, 2.05) is 30.3 Å². The van der Waals surface area contributed by atoms with Crippen molar-refractivity contribution in [2.75, 3.05) is 13.7 Å². The van der Waals surface area contributed by atoms with Crippen molar-refractivity contribution in [3.05, 3.63) is 65.4 Å². The van der Waals surface area contributed by atoms with Crippen LogP contribution in [0.5, 0.6) is 11.5 Å². The average Bonchev–Trinajstić information content (AvgIpc) is 2.60. The van der Waals surface area contributed by atoms with E-state index in [-0.39, 0.29) is 12.4 Å².